The molecule has 0 aliphatic carbocycles. The zero-order chi connectivity index (χ0) is 3.58. The van der Waals surface area contributed by atoms with Gasteiger partial charge in [0.25, 0.3) is 0 Å². The summed E-state index contributed by atoms with van der Waals surface area (Å²) >= 11 is -4.64. The zero-order valence-electron chi connectivity index (χ0n) is 2.42. The van der Waals surface area contributed by atoms with Crippen LogP contribution in [0, 0.1) is 0 Å². The third kappa shape index (κ3) is 32.1. The van der Waals surface area contributed by atoms with Crippen molar-refractivity contribution in [3.8, 4) is 0 Å². The first-order valence-corrected chi connectivity index (χ1v) is 1.96. The van der Waals surface area contributed by atoms with Crippen molar-refractivity contribution in [2.45, 2.75) is 0 Å². The predicted octanol–water partition coefficient (Wildman–Crippen LogP) is -0.0389. The summed E-state index contributed by atoms with van der Waals surface area (Å²) in [6, 6.07) is 0. The second-order valence-corrected chi connectivity index (χ2v) is 0.742. The standard InChI is InChI=1S/Al.3FH.Sr.Zn.2H/h;3*1H;;;;/q+3;;;;;;;/p-3. The van der Waals surface area contributed by atoms with Crippen molar-refractivity contribution in [2.24, 2.45) is 0 Å². The number of rotatable bonds is 0. The molecule has 0 heterocycles. The van der Waals surface area contributed by atoms with Crippen LogP contribution in [-0.4, -0.2) is 61.0 Å². The van der Waals surface area contributed by atoms with E-state index in [0.29, 0.717) is 0 Å². The molecule has 0 rings (SSSR count). The number of halogens is 3. The normalized spacial score (nSPS) is 4.50. The predicted molar refractivity (Wildman–Crippen MR) is 17.6 cm³/mol. The van der Waals surface area contributed by atoms with E-state index in [0.717, 1.165) is 0 Å². The fourth-order valence-corrected chi connectivity index (χ4v) is 0. The van der Waals surface area contributed by atoms with Crippen LogP contribution in [0.4, 0.5) is 10.6 Å². The molecule has 0 aromatic heterocycles. The zero-order valence-corrected chi connectivity index (χ0v) is 6.54. The summed E-state index contributed by atoms with van der Waals surface area (Å²) < 4.78 is 29.4. The molecular formula is H2AlF3SrZn. The van der Waals surface area contributed by atoms with E-state index in [4.69, 9.17) is 0 Å². The van der Waals surface area contributed by atoms with Crippen LogP contribution in [0.2, 0.25) is 0 Å². The molecule has 0 unspecified atom stereocenters. The van der Waals surface area contributed by atoms with Gasteiger partial charge in [0.2, 0.25) is 0 Å². The van der Waals surface area contributed by atoms with Crippen LogP contribution in [0.5, 0.6) is 0 Å². The molecule has 0 N–H and O–H groups in total. The van der Waals surface area contributed by atoms with Gasteiger partial charge in [0.05, 0.1) is 0 Å². The number of hydrogen-bond donors (Lipinski definition) is 0. The first-order valence-electron chi connectivity index (χ1n) is 0.655. The average molecular weight is 239 g/mol. The third-order valence-corrected chi connectivity index (χ3v) is 0. The van der Waals surface area contributed by atoms with Crippen molar-refractivity contribution in [3.63, 3.8) is 0 Å². The van der Waals surface area contributed by atoms with Gasteiger partial charge in [0, 0.05) is 19.5 Å². The molecule has 0 saturated heterocycles. The molecule has 30 valence electrons. The Kier molecular flexibility index (Phi) is 27.4. The van der Waals surface area contributed by atoms with Crippen LogP contribution in [0.1, 0.15) is 0 Å². The Morgan fingerprint density at radius 3 is 1.00 bits per heavy atom. The maximum Gasteiger partial charge on any atom is 0 e. The smallest absolute Gasteiger partial charge is 0 e. The molecule has 0 nitrogen and oxygen atoms in total. The van der Waals surface area contributed by atoms with Crippen molar-refractivity contribution >= 4 is 61.0 Å². The van der Waals surface area contributed by atoms with Gasteiger partial charge in [-0.15, -0.1) is 0 Å². The van der Waals surface area contributed by atoms with E-state index in [2.05, 4.69) is 0 Å². The van der Waals surface area contributed by atoms with Crippen molar-refractivity contribution in [2.75, 3.05) is 0 Å². The molecule has 0 aliphatic heterocycles. The molecule has 6 heteroatoms. The first kappa shape index (κ1) is 15.8. The van der Waals surface area contributed by atoms with Crippen LogP contribution in [0.25, 0.3) is 0 Å². The molecule has 0 spiro atoms. The molecule has 0 amide bonds. The van der Waals surface area contributed by atoms with Crippen molar-refractivity contribution in [1.29, 1.82) is 0 Å². The van der Waals surface area contributed by atoms with Crippen molar-refractivity contribution < 1.29 is 30.0 Å². The summed E-state index contributed by atoms with van der Waals surface area (Å²) in [6.45, 7) is 0. The SMILES string of the molecule is [F][Al]([F])[F].[SrH2].[Zn]. The second kappa shape index (κ2) is 10.4. The Labute approximate surface area is 89.3 Å². The summed E-state index contributed by atoms with van der Waals surface area (Å²) in [7, 11) is 0. The van der Waals surface area contributed by atoms with Crippen LogP contribution in [0.3, 0.4) is 0 Å². The summed E-state index contributed by atoms with van der Waals surface area (Å²) in [5.41, 5.74) is 0. The summed E-state index contributed by atoms with van der Waals surface area (Å²) in [5, 5.41) is 0. The van der Waals surface area contributed by atoms with Crippen molar-refractivity contribution in [1.82, 2.24) is 0 Å². The molecule has 0 atom stereocenters. The third-order valence-electron chi connectivity index (χ3n) is 0. The van der Waals surface area contributed by atoms with Crippen LogP contribution in [-0.2, 0) is 19.5 Å². The average Bonchev–Trinajstić information content (AvgIpc) is 0.811. The summed E-state index contributed by atoms with van der Waals surface area (Å²) in [6.07, 6.45) is 0. The molecule has 0 aromatic carbocycles. The second-order valence-electron chi connectivity index (χ2n) is 0.247. The van der Waals surface area contributed by atoms with Crippen molar-refractivity contribution in [3.05, 3.63) is 0 Å². The summed E-state index contributed by atoms with van der Waals surface area (Å²) in [4.78, 5) is 0. The van der Waals surface area contributed by atoms with E-state index in [-0.39, 0.29) is 65.0 Å². The van der Waals surface area contributed by atoms with Gasteiger partial charge in [-0.05, 0) is 0 Å². The minimum absolute atomic E-state index is 0. The molecule has 0 saturated carbocycles. The Balaban J connectivity index is -0.0000000450. The Morgan fingerprint density at radius 1 is 1.00 bits per heavy atom. The fraction of sp³-hybridized carbons (Fsp3) is 0. The summed E-state index contributed by atoms with van der Waals surface area (Å²) in [5.74, 6) is 0. The maximum absolute atomic E-state index is 9.81. The van der Waals surface area contributed by atoms with E-state index >= 15 is 0 Å². The van der Waals surface area contributed by atoms with E-state index in [1.165, 1.54) is 0 Å². The maximum atomic E-state index is 9.81. The molecular weight excluding hydrogens is 237 g/mol. The molecule has 0 fully saturated rings. The van der Waals surface area contributed by atoms with E-state index in [1.54, 1.807) is 0 Å². The van der Waals surface area contributed by atoms with E-state index in [9.17, 15) is 10.6 Å². The van der Waals surface area contributed by atoms with Gasteiger partial charge in [0.15, 0.2) is 0 Å². The molecule has 0 aromatic rings. The Hall–Kier alpha value is 2.43. The topological polar surface area (TPSA) is 0 Å². The van der Waals surface area contributed by atoms with Crippen LogP contribution < -0.4 is 0 Å². The molecule has 0 aliphatic rings. The Bertz CT molecular complexity index is 15.5. The van der Waals surface area contributed by atoms with Gasteiger partial charge in [-0.3, -0.25) is 0 Å². The van der Waals surface area contributed by atoms with Gasteiger partial charge < -0.3 is 10.6 Å². The fourth-order valence-electron chi connectivity index (χ4n) is 0. The minimum Gasteiger partial charge on any atom is 0 e. The molecule has 0 bridgehead atoms. The van der Waals surface area contributed by atoms with Gasteiger partial charge in [-0.25, -0.2) is 0 Å². The van der Waals surface area contributed by atoms with Crippen LogP contribution in [0.15, 0.2) is 0 Å². The van der Waals surface area contributed by atoms with E-state index < -0.39 is 15.5 Å². The van der Waals surface area contributed by atoms with Gasteiger partial charge >= 0.3 is 61.0 Å². The van der Waals surface area contributed by atoms with Gasteiger partial charge in [-0.1, -0.05) is 0 Å². The monoisotopic (exact) mass is 238 g/mol. The Morgan fingerprint density at radius 2 is 1.00 bits per heavy atom. The van der Waals surface area contributed by atoms with Crippen LogP contribution >= 0.6 is 0 Å². The van der Waals surface area contributed by atoms with Gasteiger partial charge in [0.1, 0.15) is 0 Å². The van der Waals surface area contributed by atoms with E-state index in [1.807, 2.05) is 0 Å². The number of hydrogen-bond acceptors (Lipinski definition) is 0. The molecule has 6 heavy (non-hydrogen) atoms. The minimum atomic E-state index is -4.64. The largest absolute Gasteiger partial charge is 0 e. The van der Waals surface area contributed by atoms with Gasteiger partial charge in [-0.2, -0.15) is 0 Å². The first-order chi connectivity index (χ1) is 1.73. The molecule has 0 radical (unpaired) electrons. The quantitative estimate of drug-likeness (QED) is 0.520.